The summed E-state index contributed by atoms with van der Waals surface area (Å²) in [7, 11) is -3.22. The molecule has 136 valence electrons. The molecule has 2 amide bonds. The molecule has 1 fully saturated rings. The summed E-state index contributed by atoms with van der Waals surface area (Å²) in [5.74, 6) is -0.669. The molecule has 0 saturated carbocycles. The van der Waals surface area contributed by atoms with Crippen molar-refractivity contribution in [3.63, 3.8) is 0 Å². The molecular weight excluding hydrogens is 392 g/mol. The Balaban J connectivity index is 1.56. The summed E-state index contributed by atoms with van der Waals surface area (Å²) in [5, 5.41) is 3.74. The highest BCUT2D eigenvalue weighted by Gasteiger charge is 2.32. The van der Waals surface area contributed by atoms with E-state index < -0.39 is 15.9 Å². The van der Waals surface area contributed by atoms with Crippen LogP contribution in [0.4, 0.5) is 0 Å². The number of nitrogens with zero attached hydrogens (tertiary/aromatic N) is 1. The number of amides is 2. The van der Waals surface area contributed by atoms with Crippen LogP contribution in [0.3, 0.4) is 0 Å². The Labute approximate surface area is 161 Å². The normalized spacial score (nSPS) is 23.0. The standard InChI is InChI=1S/C17H16N2O4S3/c20-15(18-13-7-9-26(22,23)11-13)6-8-19-16(21)14(25-17(19)24)10-12-4-2-1-3-5-12/h1-5,7,9-10,13H,6,8,11H2,(H,18,20)/b14-10+/t13-/m1/s1. The lowest BCUT2D eigenvalue weighted by molar-refractivity contribution is -0.124. The first kappa shape index (κ1) is 18.8. The smallest absolute Gasteiger partial charge is 0.266 e. The van der Waals surface area contributed by atoms with E-state index >= 15 is 0 Å². The van der Waals surface area contributed by atoms with Crippen molar-refractivity contribution in [1.29, 1.82) is 0 Å². The van der Waals surface area contributed by atoms with Gasteiger partial charge in [0.15, 0.2) is 9.84 Å². The van der Waals surface area contributed by atoms with E-state index in [1.165, 1.54) is 22.7 Å². The van der Waals surface area contributed by atoms with E-state index in [-0.39, 0.29) is 30.5 Å². The Bertz CT molecular complexity index is 907. The van der Waals surface area contributed by atoms with Gasteiger partial charge in [-0.15, -0.1) is 0 Å². The Morgan fingerprint density at radius 1 is 1.35 bits per heavy atom. The lowest BCUT2D eigenvalue weighted by atomic mass is 10.2. The van der Waals surface area contributed by atoms with Crippen LogP contribution < -0.4 is 5.32 Å². The molecule has 2 aliphatic heterocycles. The number of carbonyl (C=O) groups excluding carboxylic acids is 2. The highest BCUT2D eigenvalue weighted by Crippen LogP contribution is 2.32. The van der Waals surface area contributed by atoms with Gasteiger partial charge in [0.2, 0.25) is 5.91 Å². The van der Waals surface area contributed by atoms with Crippen molar-refractivity contribution in [3.8, 4) is 0 Å². The van der Waals surface area contributed by atoms with E-state index in [9.17, 15) is 18.0 Å². The van der Waals surface area contributed by atoms with Crippen LogP contribution >= 0.6 is 24.0 Å². The van der Waals surface area contributed by atoms with E-state index in [1.807, 2.05) is 30.3 Å². The molecule has 1 aromatic carbocycles. The summed E-state index contributed by atoms with van der Waals surface area (Å²) in [6.07, 6.45) is 3.28. The maximum atomic E-state index is 12.5. The fourth-order valence-corrected chi connectivity index (χ4v) is 5.10. The summed E-state index contributed by atoms with van der Waals surface area (Å²) in [6.45, 7) is 0.159. The van der Waals surface area contributed by atoms with Gasteiger partial charge in [0.05, 0.1) is 16.7 Å². The van der Waals surface area contributed by atoms with Crippen molar-refractivity contribution >= 4 is 56.0 Å². The third kappa shape index (κ3) is 4.60. The predicted molar refractivity (Wildman–Crippen MR) is 106 cm³/mol. The molecule has 0 aliphatic carbocycles. The van der Waals surface area contributed by atoms with Gasteiger partial charge in [0.1, 0.15) is 4.32 Å². The number of benzene rings is 1. The maximum Gasteiger partial charge on any atom is 0.266 e. The average molecular weight is 409 g/mol. The molecule has 9 heteroatoms. The number of carbonyl (C=O) groups is 2. The zero-order chi connectivity index (χ0) is 18.7. The summed E-state index contributed by atoms with van der Waals surface area (Å²) in [6, 6.07) is 8.93. The average Bonchev–Trinajstić information content (AvgIpc) is 3.06. The largest absolute Gasteiger partial charge is 0.349 e. The van der Waals surface area contributed by atoms with Crippen LogP contribution in [0.5, 0.6) is 0 Å². The Morgan fingerprint density at radius 2 is 2.08 bits per heavy atom. The third-order valence-corrected chi connectivity index (χ3v) is 6.58. The molecule has 0 spiro atoms. The molecule has 2 heterocycles. The van der Waals surface area contributed by atoms with Crippen LogP contribution in [-0.4, -0.2) is 47.8 Å². The fourth-order valence-electron chi connectivity index (χ4n) is 2.55. The first-order chi connectivity index (χ1) is 12.3. The molecule has 26 heavy (non-hydrogen) atoms. The second-order valence-corrected chi connectivity index (χ2v) is 9.43. The van der Waals surface area contributed by atoms with Crippen molar-refractivity contribution in [1.82, 2.24) is 10.2 Å². The van der Waals surface area contributed by atoms with E-state index in [0.717, 1.165) is 11.0 Å². The van der Waals surface area contributed by atoms with Crippen molar-refractivity contribution in [2.45, 2.75) is 12.5 Å². The van der Waals surface area contributed by atoms with Gasteiger partial charge in [-0.25, -0.2) is 8.42 Å². The van der Waals surface area contributed by atoms with Crippen LogP contribution in [-0.2, 0) is 19.4 Å². The van der Waals surface area contributed by atoms with E-state index in [2.05, 4.69) is 5.32 Å². The molecule has 0 aromatic heterocycles. The maximum absolute atomic E-state index is 12.5. The van der Waals surface area contributed by atoms with Gasteiger partial charge in [0.25, 0.3) is 5.91 Å². The molecule has 0 radical (unpaired) electrons. The highest BCUT2D eigenvalue weighted by molar-refractivity contribution is 8.26. The van der Waals surface area contributed by atoms with Crippen LogP contribution in [0.2, 0.25) is 0 Å². The first-order valence-electron chi connectivity index (χ1n) is 7.85. The molecule has 1 N–H and O–H groups in total. The molecule has 2 aliphatic rings. The third-order valence-electron chi connectivity index (χ3n) is 3.81. The second kappa shape index (κ2) is 7.73. The van der Waals surface area contributed by atoms with Crippen LogP contribution in [0.1, 0.15) is 12.0 Å². The quantitative estimate of drug-likeness (QED) is 0.590. The minimum absolute atomic E-state index is 0.0510. The topological polar surface area (TPSA) is 83.6 Å². The van der Waals surface area contributed by atoms with Gasteiger partial charge in [-0.05, 0) is 17.7 Å². The summed E-state index contributed by atoms with van der Waals surface area (Å²) in [5.41, 5.74) is 0.903. The van der Waals surface area contributed by atoms with Crippen molar-refractivity contribution < 1.29 is 18.0 Å². The van der Waals surface area contributed by atoms with Gasteiger partial charge >= 0.3 is 0 Å². The number of rotatable bonds is 5. The van der Waals surface area contributed by atoms with Crippen LogP contribution in [0, 0.1) is 0 Å². The van der Waals surface area contributed by atoms with Gasteiger partial charge in [-0.1, -0.05) is 54.3 Å². The van der Waals surface area contributed by atoms with Gasteiger partial charge in [-0.3, -0.25) is 14.5 Å². The summed E-state index contributed by atoms with van der Waals surface area (Å²) < 4.78 is 23.1. The summed E-state index contributed by atoms with van der Waals surface area (Å²) in [4.78, 5) is 26.4. The van der Waals surface area contributed by atoms with E-state index in [4.69, 9.17) is 12.2 Å². The Hall–Kier alpha value is -1.97. The minimum Gasteiger partial charge on any atom is -0.349 e. The van der Waals surface area contributed by atoms with Gasteiger partial charge in [0, 0.05) is 18.4 Å². The number of hydrogen-bond donors (Lipinski definition) is 1. The molecule has 3 rings (SSSR count). The lowest BCUT2D eigenvalue weighted by Crippen LogP contribution is -2.38. The number of thioether (sulfide) groups is 1. The molecule has 1 aromatic rings. The minimum atomic E-state index is -3.22. The molecule has 6 nitrogen and oxygen atoms in total. The van der Waals surface area contributed by atoms with E-state index in [1.54, 1.807) is 6.08 Å². The SMILES string of the molecule is O=C(CCN1C(=O)/C(=C\c2ccccc2)SC1=S)N[C@@H]1C=CS(=O)(=O)C1. The molecule has 1 atom stereocenters. The Kier molecular flexibility index (Phi) is 5.59. The molecule has 1 saturated heterocycles. The zero-order valence-electron chi connectivity index (χ0n) is 13.6. The monoisotopic (exact) mass is 408 g/mol. The molecule has 0 bridgehead atoms. The molecular formula is C17H16N2O4S3. The van der Waals surface area contributed by atoms with E-state index in [0.29, 0.717) is 9.23 Å². The van der Waals surface area contributed by atoms with Crippen LogP contribution in [0.25, 0.3) is 6.08 Å². The number of nitrogens with one attached hydrogen (secondary N) is 1. The number of thiocarbonyl (C=S) groups is 1. The second-order valence-electron chi connectivity index (χ2n) is 5.83. The Morgan fingerprint density at radius 3 is 2.73 bits per heavy atom. The summed E-state index contributed by atoms with van der Waals surface area (Å²) >= 11 is 6.45. The predicted octanol–water partition coefficient (Wildman–Crippen LogP) is 1.70. The zero-order valence-corrected chi connectivity index (χ0v) is 16.1. The van der Waals surface area contributed by atoms with Crippen molar-refractivity contribution in [2.24, 2.45) is 0 Å². The van der Waals surface area contributed by atoms with Crippen molar-refractivity contribution in [3.05, 3.63) is 52.3 Å². The fraction of sp³-hybridized carbons (Fsp3) is 0.235. The van der Waals surface area contributed by atoms with Crippen LogP contribution in [0.15, 0.2) is 46.7 Å². The number of sulfone groups is 1. The molecule has 0 unspecified atom stereocenters. The lowest BCUT2D eigenvalue weighted by Gasteiger charge is -2.15. The van der Waals surface area contributed by atoms with Gasteiger partial charge in [-0.2, -0.15) is 0 Å². The highest BCUT2D eigenvalue weighted by atomic mass is 32.2. The first-order valence-corrected chi connectivity index (χ1v) is 10.8. The van der Waals surface area contributed by atoms with Gasteiger partial charge < -0.3 is 5.32 Å². The number of hydrogen-bond acceptors (Lipinski definition) is 6. The van der Waals surface area contributed by atoms with Crippen molar-refractivity contribution in [2.75, 3.05) is 12.3 Å².